The minimum atomic E-state index is -1.82. The van der Waals surface area contributed by atoms with Crippen LogP contribution in [0.1, 0.15) is 0 Å². The first-order valence-electron chi connectivity index (χ1n) is 6.80. The number of thioether (sulfide) groups is 1. The highest BCUT2D eigenvalue weighted by atomic mass is 35.5. The number of carbonyl (C=O) groups is 2. The second kappa shape index (κ2) is 7.56. The van der Waals surface area contributed by atoms with Crippen LogP contribution in [0.25, 0.3) is 0 Å². The zero-order valence-corrected chi connectivity index (χ0v) is 13.9. The maximum atomic E-state index is 9.10. The smallest absolute Gasteiger partial charge is 0.414 e. The third-order valence-corrected chi connectivity index (χ3v) is 4.72. The van der Waals surface area contributed by atoms with E-state index in [1.165, 1.54) is 10.6 Å². The molecular weight excluding hydrogens is 342 g/mol. The Kier molecular flexibility index (Phi) is 5.73. The molecule has 7 nitrogen and oxygen atoms in total. The van der Waals surface area contributed by atoms with Gasteiger partial charge in [0, 0.05) is 30.1 Å². The van der Waals surface area contributed by atoms with Crippen molar-refractivity contribution < 1.29 is 19.8 Å². The number of hydrogen-bond acceptors (Lipinski definition) is 6. The molecule has 1 unspecified atom stereocenters. The number of halogens is 1. The second-order valence-corrected chi connectivity index (χ2v) is 6.58. The van der Waals surface area contributed by atoms with Crippen molar-refractivity contribution in [3.8, 4) is 0 Å². The van der Waals surface area contributed by atoms with Crippen molar-refractivity contribution >= 4 is 46.8 Å². The standard InChI is InChI=1S/C12H14ClN3S.C2H2O4/c1-16-7-11(12-14-4-5-15-12)17-10-3-2-8(13)6-9(10)16;3-1(4)2(5)6/h2-3,6,11H,4-5,7H2,1H3,(H,14,15);(H,3,4)(H,5,6). The van der Waals surface area contributed by atoms with E-state index in [9.17, 15) is 0 Å². The molecule has 1 atom stereocenters. The number of fused-ring (bicyclic) bond motifs is 1. The van der Waals surface area contributed by atoms with Crippen LogP contribution in [-0.2, 0) is 9.59 Å². The highest BCUT2D eigenvalue weighted by molar-refractivity contribution is 8.01. The van der Waals surface area contributed by atoms with Gasteiger partial charge in [0.1, 0.15) is 5.84 Å². The van der Waals surface area contributed by atoms with Gasteiger partial charge in [0.25, 0.3) is 0 Å². The van der Waals surface area contributed by atoms with Crippen molar-refractivity contribution in [3.05, 3.63) is 23.2 Å². The highest BCUT2D eigenvalue weighted by Crippen LogP contribution is 2.39. The lowest BCUT2D eigenvalue weighted by molar-refractivity contribution is -0.159. The number of hydrogen-bond donors (Lipinski definition) is 3. The topological polar surface area (TPSA) is 102 Å². The van der Waals surface area contributed by atoms with Crippen molar-refractivity contribution in [1.29, 1.82) is 0 Å². The molecule has 2 heterocycles. The zero-order valence-electron chi connectivity index (χ0n) is 12.3. The third-order valence-electron chi connectivity index (χ3n) is 3.23. The molecule has 1 aromatic carbocycles. The molecule has 23 heavy (non-hydrogen) atoms. The summed E-state index contributed by atoms with van der Waals surface area (Å²) in [6.07, 6.45) is 0. The quantitative estimate of drug-likeness (QED) is 0.653. The van der Waals surface area contributed by atoms with E-state index >= 15 is 0 Å². The van der Waals surface area contributed by atoms with Gasteiger partial charge in [0.2, 0.25) is 0 Å². The molecule has 0 bridgehead atoms. The van der Waals surface area contributed by atoms with E-state index in [4.69, 9.17) is 31.4 Å². The highest BCUT2D eigenvalue weighted by Gasteiger charge is 2.28. The number of carboxylic acids is 2. The second-order valence-electron chi connectivity index (χ2n) is 4.90. The van der Waals surface area contributed by atoms with Gasteiger partial charge in [-0.25, -0.2) is 9.59 Å². The fourth-order valence-electron chi connectivity index (χ4n) is 2.20. The molecule has 0 aromatic heterocycles. The minimum absolute atomic E-state index is 0.413. The van der Waals surface area contributed by atoms with Crippen LogP contribution >= 0.6 is 23.4 Å². The Labute approximate surface area is 142 Å². The number of aliphatic imine (C=N–C) groups is 1. The van der Waals surface area contributed by atoms with Gasteiger partial charge >= 0.3 is 11.9 Å². The average Bonchev–Trinajstić information content (AvgIpc) is 3.02. The molecule has 9 heteroatoms. The maximum Gasteiger partial charge on any atom is 0.414 e. The lowest BCUT2D eigenvalue weighted by Crippen LogP contribution is -2.40. The first-order chi connectivity index (χ1) is 10.9. The van der Waals surface area contributed by atoms with Crippen molar-refractivity contribution in [2.75, 3.05) is 31.6 Å². The summed E-state index contributed by atoms with van der Waals surface area (Å²) in [5.41, 5.74) is 1.22. The van der Waals surface area contributed by atoms with Crippen molar-refractivity contribution in [2.45, 2.75) is 10.1 Å². The molecule has 0 amide bonds. The Morgan fingerprint density at radius 1 is 1.39 bits per heavy atom. The van der Waals surface area contributed by atoms with Gasteiger partial charge in [-0.3, -0.25) is 4.99 Å². The van der Waals surface area contributed by atoms with E-state index in [1.807, 2.05) is 23.9 Å². The van der Waals surface area contributed by atoms with Crippen molar-refractivity contribution in [2.24, 2.45) is 4.99 Å². The molecule has 0 aliphatic carbocycles. The van der Waals surface area contributed by atoms with Gasteiger partial charge in [0.05, 0.1) is 17.5 Å². The van der Waals surface area contributed by atoms with Gasteiger partial charge in [0.15, 0.2) is 0 Å². The Bertz CT molecular complexity index is 641. The summed E-state index contributed by atoms with van der Waals surface area (Å²) in [7, 11) is 2.11. The number of rotatable bonds is 1. The Morgan fingerprint density at radius 2 is 2.09 bits per heavy atom. The summed E-state index contributed by atoms with van der Waals surface area (Å²) >= 11 is 7.91. The number of aliphatic carboxylic acids is 2. The predicted octanol–water partition coefficient (Wildman–Crippen LogP) is 1.41. The van der Waals surface area contributed by atoms with E-state index < -0.39 is 11.9 Å². The van der Waals surface area contributed by atoms with Gasteiger partial charge in [-0.05, 0) is 18.2 Å². The fourth-order valence-corrected chi connectivity index (χ4v) is 3.72. The monoisotopic (exact) mass is 357 g/mol. The molecule has 0 saturated heterocycles. The minimum Gasteiger partial charge on any atom is -0.473 e. The number of carboxylic acid groups (broad SMARTS) is 2. The maximum absolute atomic E-state index is 9.10. The predicted molar refractivity (Wildman–Crippen MR) is 89.9 cm³/mol. The van der Waals surface area contributed by atoms with E-state index in [1.54, 1.807) is 0 Å². The van der Waals surface area contributed by atoms with Crippen LogP contribution in [0.5, 0.6) is 0 Å². The Hall–Kier alpha value is -1.93. The first kappa shape index (κ1) is 17.4. The summed E-state index contributed by atoms with van der Waals surface area (Å²) in [5.74, 6) is -2.51. The Morgan fingerprint density at radius 3 is 2.65 bits per heavy atom. The van der Waals surface area contributed by atoms with Gasteiger partial charge in [-0.1, -0.05) is 11.6 Å². The summed E-state index contributed by atoms with van der Waals surface area (Å²) in [6.45, 7) is 2.86. The van der Waals surface area contributed by atoms with E-state index in [2.05, 4.69) is 28.3 Å². The van der Waals surface area contributed by atoms with Crippen LogP contribution in [0.3, 0.4) is 0 Å². The molecule has 3 N–H and O–H groups in total. The molecule has 0 spiro atoms. The number of anilines is 1. The molecule has 2 aliphatic rings. The summed E-state index contributed by atoms with van der Waals surface area (Å²) in [4.78, 5) is 26.3. The van der Waals surface area contributed by atoms with Gasteiger partial charge < -0.3 is 20.4 Å². The normalized spacial score (nSPS) is 19.0. The fraction of sp³-hybridized carbons (Fsp3) is 0.357. The van der Waals surface area contributed by atoms with Crippen LogP contribution in [0.15, 0.2) is 28.1 Å². The first-order valence-corrected chi connectivity index (χ1v) is 8.06. The third kappa shape index (κ3) is 4.52. The van der Waals surface area contributed by atoms with Crippen LogP contribution < -0.4 is 10.2 Å². The lowest BCUT2D eigenvalue weighted by Gasteiger charge is -2.33. The average molecular weight is 358 g/mol. The lowest BCUT2D eigenvalue weighted by atomic mass is 10.2. The molecule has 3 rings (SSSR count). The van der Waals surface area contributed by atoms with E-state index in [-0.39, 0.29) is 0 Å². The van der Waals surface area contributed by atoms with Gasteiger partial charge in [-0.2, -0.15) is 0 Å². The van der Waals surface area contributed by atoms with Crippen LogP contribution in [0.2, 0.25) is 5.02 Å². The van der Waals surface area contributed by atoms with Crippen molar-refractivity contribution in [3.63, 3.8) is 0 Å². The SMILES string of the molecule is CN1CC(C2=NCCN2)Sc2ccc(Cl)cc21.O=C(O)C(=O)O. The summed E-state index contributed by atoms with van der Waals surface area (Å²) in [5, 5.41) is 19.4. The zero-order chi connectivity index (χ0) is 17.0. The van der Waals surface area contributed by atoms with E-state index in [0.717, 1.165) is 30.5 Å². The number of nitrogens with zero attached hydrogens (tertiary/aromatic N) is 2. The molecule has 2 aliphatic heterocycles. The van der Waals surface area contributed by atoms with Crippen LogP contribution in [0.4, 0.5) is 5.69 Å². The van der Waals surface area contributed by atoms with Crippen LogP contribution in [-0.4, -0.2) is 59.9 Å². The molecule has 1 aromatic rings. The number of benzene rings is 1. The molecule has 124 valence electrons. The molecule has 0 saturated carbocycles. The molecular formula is C14H16ClN3O4S. The van der Waals surface area contributed by atoms with Crippen molar-refractivity contribution in [1.82, 2.24) is 5.32 Å². The van der Waals surface area contributed by atoms with Crippen LogP contribution in [0, 0.1) is 0 Å². The summed E-state index contributed by atoms with van der Waals surface area (Å²) < 4.78 is 0. The summed E-state index contributed by atoms with van der Waals surface area (Å²) in [6, 6.07) is 6.08. The largest absolute Gasteiger partial charge is 0.473 e. The molecule has 0 fully saturated rings. The number of nitrogens with one attached hydrogen (secondary N) is 1. The molecule has 0 radical (unpaired) electrons. The number of amidine groups is 1. The Balaban J connectivity index is 0.000000277. The van der Waals surface area contributed by atoms with E-state index in [0.29, 0.717) is 5.25 Å². The van der Waals surface area contributed by atoms with Gasteiger partial charge in [-0.15, -0.1) is 11.8 Å².